The molecule has 4 rings (SSSR count). The van der Waals surface area contributed by atoms with Crippen molar-refractivity contribution < 1.29 is 9.21 Å². The van der Waals surface area contributed by atoms with E-state index < -0.39 is 6.04 Å². The summed E-state index contributed by atoms with van der Waals surface area (Å²) >= 11 is 0. The maximum absolute atomic E-state index is 13.3. The minimum Gasteiger partial charge on any atom is -0.467 e. The summed E-state index contributed by atoms with van der Waals surface area (Å²) in [5.41, 5.74) is 1.67. The van der Waals surface area contributed by atoms with E-state index in [2.05, 4.69) is 27.1 Å². The Hall–Kier alpha value is -3.00. The third kappa shape index (κ3) is 4.76. The summed E-state index contributed by atoms with van der Waals surface area (Å²) < 4.78 is 7.16. The van der Waals surface area contributed by atoms with E-state index in [0.29, 0.717) is 12.5 Å². The molecule has 30 heavy (non-hydrogen) atoms. The molecular formula is C22H28N6O2. The number of nitrogens with zero attached hydrogens (tertiary/aromatic N) is 5. The highest BCUT2D eigenvalue weighted by atomic mass is 16.3. The van der Waals surface area contributed by atoms with Crippen molar-refractivity contribution in [2.75, 3.05) is 13.1 Å². The van der Waals surface area contributed by atoms with E-state index in [4.69, 9.17) is 9.40 Å². The maximum atomic E-state index is 13.3. The fraction of sp³-hybridized carbons (Fsp3) is 0.455. The van der Waals surface area contributed by atoms with Crippen molar-refractivity contribution in [1.82, 2.24) is 29.7 Å². The molecular weight excluding hydrogens is 380 g/mol. The van der Waals surface area contributed by atoms with Crippen LogP contribution in [-0.2, 0) is 17.8 Å². The second kappa shape index (κ2) is 9.67. The average Bonchev–Trinajstić information content (AvgIpc) is 3.48. The first kappa shape index (κ1) is 20.3. The monoisotopic (exact) mass is 408 g/mol. The van der Waals surface area contributed by atoms with Crippen LogP contribution in [0.3, 0.4) is 0 Å². The molecule has 4 heterocycles. The van der Waals surface area contributed by atoms with Crippen LogP contribution >= 0.6 is 0 Å². The Kier molecular flexibility index (Phi) is 6.53. The molecule has 8 nitrogen and oxygen atoms in total. The van der Waals surface area contributed by atoms with Gasteiger partial charge in [0.1, 0.15) is 18.1 Å². The van der Waals surface area contributed by atoms with Crippen LogP contribution in [0, 0.1) is 0 Å². The average molecular weight is 409 g/mol. The zero-order chi connectivity index (χ0) is 20.8. The number of furan rings is 1. The Morgan fingerprint density at radius 3 is 2.83 bits per heavy atom. The number of imidazole rings is 1. The highest BCUT2D eigenvalue weighted by Gasteiger charge is 2.31. The van der Waals surface area contributed by atoms with Crippen molar-refractivity contribution in [3.8, 4) is 5.95 Å². The van der Waals surface area contributed by atoms with Crippen LogP contribution in [0.2, 0.25) is 0 Å². The van der Waals surface area contributed by atoms with E-state index in [9.17, 15) is 4.79 Å². The van der Waals surface area contributed by atoms with Gasteiger partial charge < -0.3 is 9.73 Å². The van der Waals surface area contributed by atoms with Crippen molar-refractivity contribution in [3.63, 3.8) is 0 Å². The Labute approximate surface area is 176 Å². The lowest BCUT2D eigenvalue weighted by Crippen LogP contribution is -2.43. The Balaban J connectivity index is 1.67. The van der Waals surface area contributed by atoms with Crippen LogP contribution < -0.4 is 5.32 Å². The second-order valence-corrected chi connectivity index (χ2v) is 7.60. The first-order chi connectivity index (χ1) is 14.7. The lowest BCUT2D eigenvalue weighted by Gasteiger charge is -2.33. The molecule has 0 aliphatic carbocycles. The molecule has 1 amide bonds. The molecule has 158 valence electrons. The van der Waals surface area contributed by atoms with Crippen molar-refractivity contribution >= 4 is 5.91 Å². The number of aryl methyl sites for hydroxylation is 1. The normalized spacial score (nSPS) is 15.8. The lowest BCUT2D eigenvalue weighted by atomic mass is 10.0. The van der Waals surface area contributed by atoms with Gasteiger partial charge in [-0.05, 0) is 50.6 Å². The molecule has 1 fully saturated rings. The molecule has 3 aromatic rings. The fourth-order valence-corrected chi connectivity index (χ4v) is 3.87. The van der Waals surface area contributed by atoms with Gasteiger partial charge in [0.25, 0.3) is 0 Å². The Morgan fingerprint density at radius 2 is 2.13 bits per heavy atom. The Bertz CT molecular complexity index is 933. The lowest BCUT2D eigenvalue weighted by molar-refractivity contribution is -0.127. The molecule has 0 aromatic carbocycles. The van der Waals surface area contributed by atoms with Crippen LogP contribution in [-0.4, -0.2) is 43.4 Å². The number of rotatable bonds is 8. The van der Waals surface area contributed by atoms with Crippen LogP contribution in [0.1, 0.15) is 55.8 Å². The summed E-state index contributed by atoms with van der Waals surface area (Å²) in [4.78, 5) is 29.1. The van der Waals surface area contributed by atoms with Gasteiger partial charge in [-0.3, -0.25) is 14.3 Å². The number of amides is 1. The van der Waals surface area contributed by atoms with Crippen LogP contribution in [0.5, 0.6) is 0 Å². The zero-order valence-electron chi connectivity index (χ0n) is 17.3. The van der Waals surface area contributed by atoms with E-state index in [1.165, 1.54) is 6.42 Å². The van der Waals surface area contributed by atoms with Crippen LogP contribution in [0.4, 0.5) is 0 Å². The summed E-state index contributed by atoms with van der Waals surface area (Å²) in [6.45, 7) is 4.24. The molecule has 0 spiro atoms. The largest absolute Gasteiger partial charge is 0.467 e. The van der Waals surface area contributed by atoms with Crippen molar-refractivity contribution in [3.05, 3.63) is 60.3 Å². The molecule has 0 saturated carbocycles. The van der Waals surface area contributed by atoms with Gasteiger partial charge in [0.2, 0.25) is 11.9 Å². The highest BCUT2D eigenvalue weighted by Crippen LogP contribution is 2.25. The molecule has 1 saturated heterocycles. The molecule has 1 aliphatic rings. The van der Waals surface area contributed by atoms with Gasteiger partial charge in [-0.2, -0.15) is 0 Å². The SMILES string of the molecule is CCCc1cc(C(C(=O)NCc2ccco2)N2CCCCC2)nc(-n2ccnc2)n1. The number of aromatic nitrogens is 4. The van der Waals surface area contributed by atoms with Gasteiger partial charge in [0, 0.05) is 18.1 Å². The van der Waals surface area contributed by atoms with Gasteiger partial charge in [0.15, 0.2) is 0 Å². The molecule has 0 radical (unpaired) electrons. The predicted molar refractivity (Wildman–Crippen MR) is 112 cm³/mol. The first-order valence-corrected chi connectivity index (χ1v) is 10.6. The smallest absolute Gasteiger partial charge is 0.243 e. The van der Waals surface area contributed by atoms with E-state index in [0.717, 1.165) is 55.9 Å². The third-order valence-corrected chi connectivity index (χ3v) is 5.33. The molecule has 8 heteroatoms. The quantitative estimate of drug-likeness (QED) is 0.616. The van der Waals surface area contributed by atoms with Crippen molar-refractivity contribution in [2.24, 2.45) is 0 Å². The fourth-order valence-electron chi connectivity index (χ4n) is 3.87. The minimum absolute atomic E-state index is 0.0639. The van der Waals surface area contributed by atoms with E-state index in [1.54, 1.807) is 23.4 Å². The molecule has 1 atom stereocenters. The van der Waals surface area contributed by atoms with Crippen LogP contribution in [0.25, 0.3) is 5.95 Å². The van der Waals surface area contributed by atoms with Crippen molar-refractivity contribution in [2.45, 2.75) is 51.6 Å². The summed E-state index contributed by atoms with van der Waals surface area (Å²) in [5.74, 6) is 1.22. The number of hydrogen-bond acceptors (Lipinski definition) is 6. The molecule has 0 bridgehead atoms. The van der Waals surface area contributed by atoms with Gasteiger partial charge in [-0.15, -0.1) is 0 Å². The first-order valence-electron chi connectivity index (χ1n) is 10.6. The number of carbonyl (C=O) groups excluding carboxylic acids is 1. The molecule has 3 aromatic heterocycles. The van der Waals surface area contributed by atoms with Crippen molar-refractivity contribution in [1.29, 1.82) is 0 Å². The summed E-state index contributed by atoms with van der Waals surface area (Å²) in [6, 6.07) is 5.20. The Morgan fingerprint density at radius 1 is 1.27 bits per heavy atom. The highest BCUT2D eigenvalue weighted by molar-refractivity contribution is 5.82. The predicted octanol–water partition coefficient (Wildman–Crippen LogP) is 3.05. The maximum Gasteiger partial charge on any atom is 0.243 e. The van der Waals surface area contributed by atoms with Gasteiger partial charge in [-0.1, -0.05) is 19.8 Å². The standard InChI is InChI=1S/C22H28N6O2/c1-2-7-17-14-19(26-22(25-17)28-12-9-23-16-28)20(27-10-4-3-5-11-27)21(29)24-15-18-8-6-13-30-18/h6,8-9,12-14,16,20H,2-5,7,10-11,15H2,1H3,(H,24,29). The number of hydrogen-bond donors (Lipinski definition) is 1. The summed E-state index contributed by atoms with van der Waals surface area (Å²) in [6.07, 6.45) is 12.0. The number of carbonyl (C=O) groups is 1. The van der Waals surface area contributed by atoms with E-state index in [-0.39, 0.29) is 5.91 Å². The summed E-state index contributed by atoms with van der Waals surface area (Å²) in [5, 5.41) is 3.03. The van der Waals surface area contributed by atoms with Gasteiger partial charge in [0.05, 0.1) is 18.5 Å². The topological polar surface area (TPSA) is 89.1 Å². The molecule has 1 aliphatic heterocycles. The van der Waals surface area contributed by atoms with Crippen LogP contribution in [0.15, 0.2) is 47.6 Å². The minimum atomic E-state index is -0.457. The van der Waals surface area contributed by atoms with Gasteiger partial charge >= 0.3 is 0 Å². The van der Waals surface area contributed by atoms with Gasteiger partial charge in [-0.25, -0.2) is 15.0 Å². The second-order valence-electron chi connectivity index (χ2n) is 7.60. The van der Waals surface area contributed by atoms with E-state index >= 15 is 0 Å². The molecule has 1 unspecified atom stereocenters. The number of likely N-dealkylation sites (tertiary alicyclic amines) is 1. The number of nitrogens with one attached hydrogen (secondary N) is 1. The molecule has 1 N–H and O–H groups in total. The number of piperidine rings is 1. The zero-order valence-corrected chi connectivity index (χ0v) is 17.3. The van der Waals surface area contributed by atoms with E-state index in [1.807, 2.05) is 24.4 Å². The third-order valence-electron chi connectivity index (χ3n) is 5.33. The summed E-state index contributed by atoms with van der Waals surface area (Å²) in [7, 11) is 0.